The summed E-state index contributed by atoms with van der Waals surface area (Å²) in [5.74, 6) is 0. The minimum Gasteiger partial charge on any atom is -0.364 e. The Morgan fingerprint density at radius 1 is 1.38 bits per heavy atom. The monoisotopic (exact) mass is 357 g/mol. The first kappa shape index (κ1) is 11.4. The maximum Gasteiger partial charge on any atom is 0.181 e. The summed E-state index contributed by atoms with van der Waals surface area (Å²) in [6.07, 6.45) is -1.48. The molecule has 0 atom stereocenters. The highest BCUT2D eigenvalue weighted by atomic mass is 127. The summed E-state index contributed by atoms with van der Waals surface area (Å²) >= 11 is 5.34. The van der Waals surface area contributed by atoms with Crippen molar-refractivity contribution in [2.75, 3.05) is 0 Å². The van der Waals surface area contributed by atoms with Gasteiger partial charge in [-0.2, -0.15) is 0 Å². The second-order valence-electron chi connectivity index (χ2n) is 2.71. The molecule has 1 rings (SSSR count). The van der Waals surface area contributed by atoms with Gasteiger partial charge in [0, 0.05) is 9.13 Å². The van der Waals surface area contributed by atoms with Crippen molar-refractivity contribution in [3.05, 3.63) is 25.0 Å². The van der Waals surface area contributed by atoms with Gasteiger partial charge < -0.3 is 10.2 Å². The lowest BCUT2D eigenvalue weighted by Crippen LogP contribution is -2.05. The van der Waals surface area contributed by atoms with Crippen LogP contribution in [0.5, 0.6) is 0 Å². The molecule has 0 fully saturated rings. The van der Waals surface area contributed by atoms with Crippen LogP contribution in [0.2, 0.25) is 0 Å². The van der Waals surface area contributed by atoms with Gasteiger partial charge in [0.25, 0.3) is 0 Å². The van der Waals surface area contributed by atoms with Crippen LogP contribution < -0.4 is 0 Å². The predicted molar refractivity (Wildman–Crippen MR) is 61.3 cm³/mol. The molecule has 1 aromatic heterocycles. The number of pyridine rings is 1. The van der Waals surface area contributed by atoms with Crippen LogP contribution in [0.15, 0.2) is 4.60 Å². The number of aliphatic hydroxyl groups excluding tert-OH is 1. The molecule has 1 heterocycles. The van der Waals surface area contributed by atoms with Gasteiger partial charge in [0.05, 0.1) is 5.69 Å². The Morgan fingerprint density at radius 2 is 1.92 bits per heavy atom. The third kappa shape index (κ3) is 2.20. The van der Waals surface area contributed by atoms with Crippen molar-refractivity contribution in [1.29, 1.82) is 0 Å². The zero-order valence-corrected chi connectivity index (χ0v) is 10.9. The smallest absolute Gasteiger partial charge is 0.181 e. The van der Waals surface area contributed by atoms with Gasteiger partial charge in [0.2, 0.25) is 0 Å². The fourth-order valence-corrected chi connectivity index (χ4v) is 2.28. The summed E-state index contributed by atoms with van der Waals surface area (Å²) in [4.78, 5) is 4.14. The van der Waals surface area contributed by atoms with Gasteiger partial charge in [-0.15, -0.1) is 0 Å². The van der Waals surface area contributed by atoms with Crippen LogP contribution in [0.25, 0.3) is 0 Å². The van der Waals surface area contributed by atoms with Gasteiger partial charge in [0.1, 0.15) is 4.60 Å². The number of halogens is 2. The van der Waals surface area contributed by atoms with Crippen molar-refractivity contribution in [1.82, 2.24) is 4.98 Å². The highest BCUT2D eigenvalue weighted by Gasteiger charge is 2.16. The van der Waals surface area contributed by atoms with E-state index >= 15 is 0 Å². The Balaban J connectivity index is 3.44. The minimum absolute atomic E-state index is 0.440. The summed E-state index contributed by atoms with van der Waals surface area (Å²) in [5, 5.41) is 18.2. The second-order valence-corrected chi connectivity index (χ2v) is 4.54. The highest BCUT2D eigenvalue weighted by molar-refractivity contribution is 14.1. The van der Waals surface area contributed by atoms with Crippen molar-refractivity contribution in [2.45, 2.75) is 20.1 Å². The second kappa shape index (κ2) is 4.20. The molecule has 0 amide bonds. The molecule has 13 heavy (non-hydrogen) atoms. The molecule has 0 unspecified atom stereocenters. The lowest BCUT2D eigenvalue weighted by Gasteiger charge is -2.12. The van der Waals surface area contributed by atoms with Gasteiger partial charge >= 0.3 is 0 Å². The summed E-state index contributed by atoms with van der Waals surface area (Å²) in [6, 6.07) is 0. The van der Waals surface area contributed by atoms with Crippen molar-refractivity contribution >= 4 is 38.5 Å². The van der Waals surface area contributed by atoms with Crippen molar-refractivity contribution in [2.24, 2.45) is 0 Å². The van der Waals surface area contributed by atoms with Crippen LogP contribution in [0.1, 0.15) is 23.1 Å². The van der Waals surface area contributed by atoms with Crippen LogP contribution in [0, 0.1) is 17.4 Å². The molecule has 3 nitrogen and oxygen atoms in total. The first-order chi connectivity index (χ1) is 5.95. The average Bonchev–Trinajstić information content (AvgIpc) is 1.99. The molecule has 0 saturated heterocycles. The Morgan fingerprint density at radius 3 is 2.38 bits per heavy atom. The van der Waals surface area contributed by atoms with Gasteiger partial charge in [-0.25, -0.2) is 4.98 Å². The van der Waals surface area contributed by atoms with E-state index < -0.39 is 6.29 Å². The van der Waals surface area contributed by atoms with E-state index in [4.69, 9.17) is 10.2 Å². The fourth-order valence-electron chi connectivity index (χ4n) is 1.10. The maximum atomic E-state index is 9.08. The number of rotatable bonds is 1. The number of nitrogens with zero attached hydrogens (tertiary/aromatic N) is 1. The zero-order valence-electron chi connectivity index (χ0n) is 7.17. The van der Waals surface area contributed by atoms with E-state index in [0.29, 0.717) is 10.2 Å². The fraction of sp³-hybridized carbons (Fsp3) is 0.375. The summed E-state index contributed by atoms with van der Waals surface area (Å²) in [7, 11) is 0. The van der Waals surface area contributed by atoms with E-state index in [1.807, 2.05) is 13.8 Å². The van der Waals surface area contributed by atoms with Gasteiger partial charge in [-0.1, -0.05) is 0 Å². The molecule has 0 saturated carbocycles. The first-order valence-corrected chi connectivity index (χ1v) is 5.50. The summed E-state index contributed by atoms with van der Waals surface area (Å²) in [6.45, 7) is 3.73. The molecular weight excluding hydrogens is 349 g/mol. The lowest BCUT2D eigenvalue weighted by molar-refractivity contribution is -0.0438. The van der Waals surface area contributed by atoms with E-state index in [-0.39, 0.29) is 0 Å². The highest BCUT2D eigenvalue weighted by Crippen LogP contribution is 2.28. The normalized spacial score (nSPS) is 11.0. The van der Waals surface area contributed by atoms with Crippen molar-refractivity contribution in [3.63, 3.8) is 0 Å². The molecule has 5 heteroatoms. The number of aromatic nitrogens is 1. The molecule has 0 radical (unpaired) electrons. The van der Waals surface area contributed by atoms with E-state index in [1.165, 1.54) is 0 Å². The molecule has 72 valence electrons. The molecule has 0 spiro atoms. The van der Waals surface area contributed by atoms with Crippen LogP contribution in [-0.4, -0.2) is 15.2 Å². The number of hydrogen-bond donors (Lipinski definition) is 2. The number of aliphatic hydroxyl groups is 2. The summed E-state index contributed by atoms with van der Waals surface area (Å²) < 4.78 is 1.46. The van der Waals surface area contributed by atoms with E-state index in [2.05, 4.69) is 43.5 Å². The molecule has 2 N–H and O–H groups in total. The molecule has 0 bridgehead atoms. The SMILES string of the molecule is Cc1nc(Br)c(C(O)O)c(C)c1I. The minimum atomic E-state index is -1.48. The van der Waals surface area contributed by atoms with Crippen LogP contribution in [-0.2, 0) is 0 Å². The largest absolute Gasteiger partial charge is 0.364 e. The Hall–Kier alpha value is 0.280. The Kier molecular flexibility index (Phi) is 3.67. The molecular formula is C8H9BrINO2. The van der Waals surface area contributed by atoms with E-state index in [9.17, 15) is 0 Å². The van der Waals surface area contributed by atoms with Crippen LogP contribution >= 0.6 is 38.5 Å². The van der Waals surface area contributed by atoms with Gasteiger partial charge in [-0.05, 0) is 57.9 Å². The number of hydrogen-bond acceptors (Lipinski definition) is 3. The lowest BCUT2D eigenvalue weighted by atomic mass is 10.1. The predicted octanol–water partition coefficient (Wildman–Crippen LogP) is 2.05. The molecule has 0 aliphatic rings. The number of aryl methyl sites for hydroxylation is 1. The molecule has 1 aromatic rings. The van der Waals surface area contributed by atoms with E-state index in [0.717, 1.165) is 14.8 Å². The quantitative estimate of drug-likeness (QED) is 0.459. The average molecular weight is 358 g/mol. The van der Waals surface area contributed by atoms with Gasteiger partial charge in [0.15, 0.2) is 6.29 Å². The molecule has 0 aliphatic heterocycles. The Bertz CT molecular complexity index is 341. The van der Waals surface area contributed by atoms with Crippen molar-refractivity contribution in [3.8, 4) is 0 Å². The third-order valence-corrected chi connectivity index (χ3v) is 3.99. The van der Waals surface area contributed by atoms with Crippen molar-refractivity contribution < 1.29 is 10.2 Å². The zero-order chi connectivity index (χ0) is 10.2. The topological polar surface area (TPSA) is 53.4 Å². The third-order valence-electron chi connectivity index (χ3n) is 1.80. The van der Waals surface area contributed by atoms with Crippen LogP contribution in [0.4, 0.5) is 0 Å². The van der Waals surface area contributed by atoms with Crippen LogP contribution in [0.3, 0.4) is 0 Å². The summed E-state index contributed by atoms with van der Waals surface area (Å²) in [5.41, 5.74) is 2.18. The standard InChI is InChI=1S/C8H9BrINO2/c1-3-5(8(12)13)7(9)11-4(2)6(3)10/h8,12-13H,1-2H3. The first-order valence-electron chi connectivity index (χ1n) is 3.63. The Labute approximate surface area is 98.5 Å². The van der Waals surface area contributed by atoms with Gasteiger partial charge in [-0.3, -0.25) is 0 Å². The van der Waals surface area contributed by atoms with E-state index in [1.54, 1.807) is 0 Å². The maximum absolute atomic E-state index is 9.08. The molecule has 0 aliphatic carbocycles. The molecule has 0 aromatic carbocycles.